The lowest BCUT2D eigenvalue weighted by molar-refractivity contribution is -0.109. The van der Waals surface area contributed by atoms with Gasteiger partial charge < -0.3 is 5.73 Å². The summed E-state index contributed by atoms with van der Waals surface area (Å²) >= 11 is 5.50. The number of nitrogens with one attached hydrogen (secondary N) is 1. The lowest BCUT2D eigenvalue weighted by Gasteiger charge is -2.10. The van der Waals surface area contributed by atoms with E-state index in [9.17, 15) is 4.79 Å². The average molecular weight is 171 g/mol. The van der Waals surface area contributed by atoms with E-state index >= 15 is 0 Å². The molecule has 1 aliphatic carbocycles. The zero-order valence-corrected chi connectivity index (χ0v) is 6.70. The Morgan fingerprint density at radius 3 is 2.73 bits per heavy atom. The Balaban J connectivity index is 3.22. The van der Waals surface area contributed by atoms with Crippen LogP contribution in [-0.4, -0.2) is 11.5 Å². The fraction of sp³-hybridized carbons (Fsp3) is 0.143. The standard InChI is InChI=1S/C7H7ClN2O/c1-3-2-4(8)7(11)6(10)5(3)9/h2,10H,9H2,1H3. The Morgan fingerprint density at radius 1 is 1.64 bits per heavy atom. The number of hydrogen-bond acceptors (Lipinski definition) is 3. The first-order valence-corrected chi connectivity index (χ1v) is 3.39. The predicted octanol–water partition coefficient (Wildman–Crippen LogP) is 0.944. The molecule has 3 nitrogen and oxygen atoms in total. The minimum Gasteiger partial charge on any atom is -0.397 e. The Morgan fingerprint density at radius 2 is 2.18 bits per heavy atom. The van der Waals surface area contributed by atoms with E-state index in [0.29, 0.717) is 5.57 Å². The monoisotopic (exact) mass is 170 g/mol. The van der Waals surface area contributed by atoms with Crippen LogP contribution in [0.15, 0.2) is 22.4 Å². The van der Waals surface area contributed by atoms with Crippen LogP contribution in [-0.2, 0) is 4.79 Å². The summed E-state index contributed by atoms with van der Waals surface area (Å²) in [5.41, 5.74) is 6.07. The van der Waals surface area contributed by atoms with Crippen molar-refractivity contribution in [1.29, 1.82) is 5.41 Å². The number of allylic oxidation sites excluding steroid dienone is 4. The van der Waals surface area contributed by atoms with E-state index in [4.69, 9.17) is 22.7 Å². The first-order chi connectivity index (χ1) is 5.04. The zero-order chi connectivity index (χ0) is 8.59. The molecule has 0 unspecified atom stereocenters. The van der Waals surface area contributed by atoms with Crippen LogP contribution in [0.1, 0.15) is 6.92 Å². The lowest BCUT2D eigenvalue weighted by atomic mass is 10.0. The van der Waals surface area contributed by atoms with Crippen molar-refractivity contribution in [1.82, 2.24) is 0 Å². The normalized spacial score (nSPS) is 18.9. The summed E-state index contributed by atoms with van der Waals surface area (Å²) in [7, 11) is 0. The van der Waals surface area contributed by atoms with Crippen LogP contribution >= 0.6 is 11.6 Å². The molecule has 0 spiro atoms. The molecule has 0 atom stereocenters. The second kappa shape index (κ2) is 2.51. The summed E-state index contributed by atoms with van der Waals surface area (Å²) in [6.07, 6.45) is 1.47. The molecule has 0 radical (unpaired) electrons. The van der Waals surface area contributed by atoms with E-state index in [-0.39, 0.29) is 16.4 Å². The van der Waals surface area contributed by atoms with E-state index in [1.54, 1.807) is 6.92 Å². The number of hydrogen-bond donors (Lipinski definition) is 2. The summed E-state index contributed by atoms with van der Waals surface area (Å²) in [5.74, 6) is -0.505. The Bertz CT molecular complexity index is 298. The van der Waals surface area contributed by atoms with Crippen LogP contribution in [0.5, 0.6) is 0 Å². The second-order valence-electron chi connectivity index (χ2n) is 2.29. The third-order valence-corrected chi connectivity index (χ3v) is 1.76. The maximum absolute atomic E-state index is 10.9. The summed E-state index contributed by atoms with van der Waals surface area (Å²) in [4.78, 5) is 10.9. The maximum atomic E-state index is 10.9. The van der Waals surface area contributed by atoms with E-state index in [2.05, 4.69) is 0 Å². The number of halogens is 1. The van der Waals surface area contributed by atoms with Gasteiger partial charge in [-0.05, 0) is 18.6 Å². The van der Waals surface area contributed by atoms with Gasteiger partial charge in [0.2, 0.25) is 5.78 Å². The fourth-order valence-corrected chi connectivity index (χ4v) is 1.03. The number of nitrogens with two attached hydrogens (primary N) is 1. The smallest absolute Gasteiger partial charge is 0.224 e. The van der Waals surface area contributed by atoms with Gasteiger partial charge in [-0.3, -0.25) is 10.2 Å². The quantitative estimate of drug-likeness (QED) is 0.532. The molecule has 0 heterocycles. The van der Waals surface area contributed by atoms with Gasteiger partial charge in [0.25, 0.3) is 0 Å². The van der Waals surface area contributed by atoms with E-state index < -0.39 is 5.78 Å². The molecule has 0 aromatic rings. The molecule has 0 aliphatic heterocycles. The van der Waals surface area contributed by atoms with Gasteiger partial charge in [0.1, 0.15) is 5.71 Å². The number of carbonyl (C=O) groups is 1. The highest BCUT2D eigenvalue weighted by molar-refractivity contribution is 6.62. The van der Waals surface area contributed by atoms with E-state index in [1.807, 2.05) is 0 Å². The lowest BCUT2D eigenvalue weighted by Crippen LogP contribution is -2.25. The molecule has 1 rings (SSSR count). The molecule has 0 aromatic carbocycles. The SMILES string of the molecule is CC1=C(N)C(=N)C(=O)C(Cl)=C1. The number of carbonyl (C=O) groups excluding carboxylic acids is 1. The minimum atomic E-state index is -0.505. The largest absolute Gasteiger partial charge is 0.397 e. The molecule has 3 N–H and O–H groups in total. The summed E-state index contributed by atoms with van der Waals surface area (Å²) in [6, 6.07) is 0. The number of ketones is 1. The summed E-state index contributed by atoms with van der Waals surface area (Å²) in [5, 5.41) is 7.26. The van der Waals surface area contributed by atoms with Gasteiger partial charge >= 0.3 is 0 Å². The van der Waals surface area contributed by atoms with E-state index in [0.717, 1.165) is 0 Å². The highest BCUT2D eigenvalue weighted by atomic mass is 35.5. The number of Topliss-reactive ketones (excluding diaryl/α,β-unsaturated/α-hetero) is 1. The van der Waals surface area contributed by atoms with Crippen molar-refractivity contribution in [3.63, 3.8) is 0 Å². The Labute approximate surface area is 69.0 Å². The van der Waals surface area contributed by atoms with Gasteiger partial charge in [-0.15, -0.1) is 0 Å². The fourth-order valence-electron chi connectivity index (χ4n) is 0.772. The molecule has 0 aromatic heterocycles. The molecule has 0 saturated heterocycles. The van der Waals surface area contributed by atoms with E-state index in [1.165, 1.54) is 6.08 Å². The summed E-state index contributed by atoms with van der Waals surface area (Å²) in [6.45, 7) is 1.71. The average Bonchev–Trinajstić information content (AvgIpc) is 1.97. The van der Waals surface area contributed by atoms with Gasteiger partial charge in [-0.2, -0.15) is 0 Å². The first kappa shape index (κ1) is 8.01. The highest BCUT2D eigenvalue weighted by Crippen LogP contribution is 2.17. The van der Waals surface area contributed by atoms with Gasteiger partial charge in [0, 0.05) is 0 Å². The molecule has 0 saturated carbocycles. The van der Waals surface area contributed by atoms with Crippen molar-refractivity contribution in [3.8, 4) is 0 Å². The van der Waals surface area contributed by atoms with Gasteiger partial charge in [-0.25, -0.2) is 0 Å². The van der Waals surface area contributed by atoms with Crippen LogP contribution in [0.2, 0.25) is 0 Å². The predicted molar refractivity (Wildman–Crippen MR) is 43.6 cm³/mol. The van der Waals surface area contributed by atoms with Crippen LogP contribution in [0.3, 0.4) is 0 Å². The maximum Gasteiger partial charge on any atom is 0.224 e. The van der Waals surface area contributed by atoms with Crippen LogP contribution < -0.4 is 5.73 Å². The van der Waals surface area contributed by atoms with Crippen LogP contribution in [0.25, 0.3) is 0 Å². The van der Waals surface area contributed by atoms with Gasteiger partial charge in [0.15, 0.2) is 0 Å². The molecule has 1 aliphatic rings. The van der Waals surface area contributed by atoms with Gasteiger partial charge in [-0.1, -0.05) is 11.6 Å². The van der Waals surface area contributed by atoms with Crippen molar-refractivity contribution in [3.05, 3.63) is 22.4 Å². The van der Waals surface area contributed by atoms with Crippen LogP contribution in [0, 0.1) is 5.41 Å². The summed E-state index contributed by atoms with van der Waals surface area (Å²) < 4.78 is 0. The van der Waals surface area contributed by atoms with Crippen molar-refractivity contribution < 1.29 is 4.79 Å². The van der Waals surface area contributed by atoms with Gasteiger partial charge in [0.05, 0.1) is 10.7 Å². The van der Waals surface area contributed by atoms with Crippen LogP contribution in [0.4, 0.5) is 0 Å². The third-order valence-electron chi connectivity index (χ3n) is 1.48. The zero-order valence-electron chi connectivity index (χ0n) is 5.94. The molecule has 0 amide bonds. The first-order valence-electron chi connectivity index (χ1n) is 3.01. The van der Waals surface area contributed by atoms with Crippen molar-refractivity contribution in [2.45, 2.75) is 6.92 Å². The molecule has 11 heavy (non-hydrogen) atoms. The molecular formula is C7H7ClN2O. The molecule has 4 heteroatoms. The molecular weight excluding hydrogens is 164 g/mol. The Kier molecular flexibility index (Phi) is 1.83. The topological polar surface area (TPSA) is 66.9 Å². The molecule has 0 bridgehead atoms. The Hall–Kier alpha value is -1.09. The number of rotatable bonds is 0. The van der Waals surface area contributed by atoms with Crippen molar-refractivity contribution in [2.24, 2.45) is 5.73 Å². The third kappa shape index (κ3) is 1.19. The molecule has 58 valence electrons. The van der Waals surface area contributed by atoms with Crippen molar-refractivity contribution in [2.75, 3.05) is 0 Å². The highest BCUT2D eigenvalue weighted by Gasteiger charge is 2.21. The second-order valence-corrected chi connectivity index (χ2v) is 2.70. The molecule has 0 fully saturated rings. The van der Waals surface area contributed by atoms with Crippen molar-refractivity contribution >= 4 is 23.1 Å². The minimum absolute atomic E-state index is 0.0571.